The number of aromatic nitrogens is 1. The van der Waals surface area contributed by atoms with Gasteiger partial charge in [0, 0.05) is 35.2 Å². The number of benzene rings is 1. The molecule has 1 aromatic carbocycles. The van der Waals surface area contributed by atoms with Crippen LogP contribution in [0.2, 0.25) is 0 Å². The van der Waals surface area contributed by atoms with E-state index in [1.165, 1.54) is 6.07 Å². The average Bonchev–Trinajstić information content (AvgIpc) is 2.50. The molecule has 0 aliphatic heterocycles. The molecule has 0 spiro atoms. The zero-order valence-electron chi connectivity index (χ0n) is 12.7. The van der Waals surface area contributed by atoms with Crippen molar-refractivity contribution >= 4 is 16.6 Å². The fraction of sp³-hybridized carbons (Fsp3) is 0.438. The molecular formula is C16H21N3O2. The van der Waals surface area contributed by atoms with Gasteiger partial charge < -0.3 is 5.32 Å². The van der Waals surface area contributed by atoms with Gasteiger partial charge in [0.25, 0.3) is 5.69 Å². The van der Waals surface area contributed by atoms with E-state index in [2.05, 4.69) is 31.1 Å². The third-order valence-electron chi connectivity index (χ3n) is 3.88. The van der Waals surface area contributed by atoms with Crippen LogP contribution in [0.25, 0.3) is 10.9 Å². The molecule has 1 aromatic heterocycles. The Morgan fingerprint density at radius 3 is 2.67 bits per heavy atom. The SMILES string of the molecule is CCNC(CC)C(C)c1ccc2cc([N+](=O)[O-])ccc2n1. The molecule has 21 heavy (non-hydrogen) atoms. The van der Waals surface area contributed by atoms with E-state index in [4.69, 9.17) is 0 Å². The molecule has 2 aromatic rings. The lowest BCUT2D eigenvalue weighted by Gasteiger charge is -2.23. The number of hydrogen-bond acceptors (Lipinski definition) is 4. The van der Waals surface area contributed by atoms with E-state index in [-0.39, 0.29) is 10.6 Å². The van der Waals surface area contributed by atoms with Gasteiger partial charge in [0.2, 0.25) is 0 Å². The maximum atomic E-state index is 10.8. The Hall–Kier alpha value is -2.01. The first-order valence-electron chi connectivity index (χ1n) is 7.35. The number of non-ortho nitro benzene ring substituents is 1. The van der Waals surface area contributed by atoms with E-state index in [0.29, 0.717) is 12.0 Å². The maximum absolute atomic E-state index is 10.8. The molecular weight excluding hydrogens is 266 g/mol. The molecule has 0 aliphatic rings. The molecule has 0 bridgehead atoms. The largest absolute Gasteiger partial charge is 0.314 e. The number of pyridine rings is 1. The summed E-state index contributed by atoms with van der Waals surface area (Å²) in [5, 5.41) is 15.1. The minimum atomic E-state index is -0.381. The number of rotatable bonds is 6. The van der Waals surface area contributed by atoms with Gasteiger partial charge in [-0.2, -0.15) is 0 Å². The van der Waals surface area contributed by atoms with Gasteiger partial charge in [-0.25, -0.2) is 0 Å². The van der Waals surface area contributed by atoms with Crippen molar-refractivity contribution in [2.75, 3.05) is 6.54 Å². The number of likely N-dealkylation sites (N-methyl/N-ethyl adjacent to an activating group) is 1. The molecule has 0 amide bonds. The van der Waals surface area contributed by atoms with Gasteiger partial charge in [-0.15, -0.1) is 0 Å². The maximum Gasteiger partial charge on any atom is 0.270 e. The third kappa shape index (κ3) is 3.36. The molecule has 2 unspecified atom stereocenters. The number of fused-ring (bicyclic) bond motifs is 1. The predicted octanol–water partition coefficient (Wildman–Crippen LogP) is 3.63. The van der Waals surface area contributed by atoms with E-state index in [1.807, 2.05) is 12.1 Å². The van der Waals surface area contributed by atoms with Crippen LogP contribution in [0.1, 0.15) is 38.8 Å². The standard InChI is InChI=1S/C16H21N3O2/c1-4-14(17-5-2)11(3)15-8-6-12-10-13(19(20)21)7-9-16(12)18-15/h6-11,14,17H,4-5H2,1-3H3. The predicted molar refractivity (Wildman–Crippen MR) is 84.6 cm³/mol. The average molecular weight is 287 g/mol. The number of hydrogen-bond donors (Lipinski definition) is 1. The van der Waals surface area contributed by atoms with Gasteiger partial charge in [-0.05, 0) is 25.1 Å². The Balaban J connectivity index is 2.34. The number of nitrogens with one attached hydrogen (secondary N) is 1. The fourth-order valence-corrected chi connectivity index (χ4v) is 2.64. The molecule has 5 nitrogen and oxygen atoms in total. The van der Waals surface area contributed by atoms with Crippen molar-refractivity contribution in [2.45, 2.75) is 39.2 Å². The van der Waals surface area contributed by atoms with Crippen molar-refractivity contribution in [1.82, 2.24) is 10.3 Å². The molecule has 1 N–H and O–H groups in total. The lowest BCUT2D eigenvalue weighted by Crippen LogP contribution is -2.33. The molecule has 0 radical (unpaired) electrons. The van der Waals surface area contributed by atoms with Crippen molar-refractivity contribution in [3.8, 4) is 0 Å². The second-order valence-corrected chi connectivity index (χ2v) is 5.23. The second-order valence-electron chi connectivity index (χ2n) is 5.23. The smallest absolute Gasteiger partial charge is 0.270 e. The van der Waals surface area contributed by atoms with E-state index in [0.717, 1.165) is 29.6 Å². The summed E-state index contributed by atoms with van der Waals surface area (Å²) in [7, 11) is 0. The van der Waals surface area contributed by atoms with Gasteiger partial charge in [0.1, 0.15) is 0 Å². The van der Waals surface area contributed by atoms with Crippen LogP contribution in [0.3, 0.4) is 0 Å². The van der Waals surface area contributed by atoms with Crippen LogP contribution >= 0.6 is 0 Å². The second kappa shape index (κ2) is 6.63. The Morgan fingerprint density at radius 1 is 1.29 bits per heavy atom. The van der Waals surface area contributed by atoms with Crippen molar-refractivity contribution < 1.29 is 4.92 Å². The van der Waals surface area contributed by atoms with Crippen LogP contribution in [-0.2, 0) is 0 Å². The lowest BCUT2D eigenvalue weighted by atomic mass is 9.95. The molecule has 0 aliphatic carbocycles. The van der Waals surface area contributed by atoms with E-state index in [1.54, 1.807) is 12.1 Å². The minimum Gasteiger partial charge on any atom is -0.314 e. The van der Waals surface area contributed by atoms with Gasteiger partial charge in [0.05, 0.1) is 10.4 Å². The van der Waals surface area contributed by atoms with Crippen LogP contribution in [-0.4, -0.2) is 22.5 Å². The number of nitro groups is 1. The zero-order valence-corrected chi connectivity index (χ0v) is 12.7. The Kier molecular flexibility index (Phi) is 4.85. The molecule has 0 saturated heterocycles. The zero-order chi connectivity index (χ0) is 15.4. The van der Waals surface area contributed by atoms with Crippen LogP contribution in [0.15, 0.2) is 30.3 Å². The van der Waals surface area contributed by atoms with Crippen molar-refractivity contribution in [3.63, 3.8) is 0 Å². The first-order valence-corrected chi connectivity index (χ1v) is 7.35. The minimum absolute atomic E-state index is 0.101. The topological polar surface area (TPSA) is 68.1 Å². The van der Waals surface area contributed by atoms with Crippen molar-refractivity contribution in [2.24, 2.45) is 0 Å². The van der Waals surface area contributed by atoms with Crippen LogP contribution in [0.4, 0.5) is 5.69 Å². The summed E-state index contributed by atoms with van der Waals surface area (Å²) in [5.41, 5.74) is 1.92. The molecule has 0 fully saturated rings. The van der Waals surface area contributed by atoms with Gasteiger partial charge in [-0.3, -0.25) is 15.1 Å². The highest BCUT2D eigenvalue weighted by molar-refractivity contribution is 5.81. The number of nitrogens with zero attached hydrogens (tertiary/aromatic N) is 2. The van der Waals surface area contributed by atoms with Crippen LogP contribution in [0, 0.1) is 10.1 Å². The fourth-order valence-electron chi connectivity index (χ4n) is 2.64. The van der Waals surface area contributed by atoms with Gasteiger partial charge in [0.15, 0.2) is 0 Å². The van der Waals surface area contributed by atoms with Crippen LogP contribution in [0.5, 0.6) is 0 Å². The summed E-state index contributed by atoms with van der Waals surface area (Å²) in [6.07, 6.45) is 1.04. The Bertz CT molecular complexity index is 642. The molecule has 0 saturated carbocycles. The summed E-state index contributed by atoms with van der Waals surface area (Å²) in [4.78, 5) is 15.1. The highest BCUT2D eigenvalue weighted by atomic mass is 16.6. The number of nitro benzene ring substituents is 1. The summed E-state index contributed by atoms with van der Waals surface area (Å²) >= 11 is 0. The van der Waals surface area contributed by atoms with Crippen molar-refractivity contribution in [1.29, 1.82) is 0 Å². The van der Waals surface area contributed by atoms with E-state index < -0.39 is 0 Å². The summed E-state index contributed by atoms with van der Waals surface area (Å²) in [6, 6.07) is 9.07. The van der Waals surface area contributed by atoms with Crippen molar-refractivity contribution in [3.05, 3.63) is 46.1 Å². The van der Waals surface area contributed by atoms with E-state index in [9.17, 15) is 10.1 Å². The molecule has 5 heteroatoms. The quantitative estimate of drug-likeness (QED) is 0.650. The first kappa shape index (κ1) is 15.4. The summed E-state index contributed by atoms with van der Waals surface area (Å²) in [5.74, 6) is 0.301. The Labute approximate surface area is 124 Å². The van der Waals surface area contributed by atoms with E-state index >= 15 is 0 Å². The molecule has 2 atom stereocenters. The van der Waals surface area contributed by atoms with Gasteiger partial charge >= 0.3 is 0 Å². The van der Waals surface area contributed by atoms with Gasteiger partial charge in [-0.1, -0.05) is 26.8 Å². The highest BCUT2D eigenvalue weighted by Gasteiger charge is 2.18. The summed E-state index contributed by atoms with van der Waals surface area (Å²) < 4.78 is 0. The Morgan fingerprint density at radius 2 is 2.05 bits per heavy atom. The molecule has 112 valence electrons. The normalized spacial score (nSPS) is 14.0. The van der Waals surface area contributed by atoms with Crippen LogP contribution < -0.4 is 5.32 Å². The molecule has 1 heterocycles. The third-order valence-corrected chi connectivity index (χ3v) is 3.88. The monoisotopic (exact) mass is 287 g/mol. The molecule has 2 rings (SSSR count). The lowest BCUT2D eigenvalue weighted by molar-refractivity contribution is -0.384. The summed E-state index contributed by atoms with van der Waals surface area (Å²) in [6.45, 7) is 7.36. The highest BCUT2D eigenvalue weighted by Crippen LogP contribution is 2.24. The first-order chi connectivity index (χ1) is 10.1.